The number of aromatic nitrogens is 1. The summed E-state index contributed by atoms with van der Waals surface area (Å²) < 4.78 is 19.9. The predicted molar refractivity (Wildman–Crippen MR) is 82.0 cm³/mol. The van der Waals surface area contributed by atoms with E-state index in [2.05, 4.69) is 24.1 Å². The van der Waals surface area contributed by atoms with E-state index < -0.39 is 5.82 Å². The van der Waals surface area contributed by atoms with Gasteiger partial charge in [-0.25, -0.2) is 9.37 Å². The Balaban J connectivity index is 2.10. The average molecular weight is 288 g/mol. The van der Waals surface area contributed by atoms with Gasteiger partial charge in [-0.05, 0) is 43.1 Å². The van der Waals surface area contributed by atoms with E-state index in [0.717, 1.165) is 12.1 Å². The molecule has 4 heteroatoms. The van der Waals surface area contributed by atoms with Crippen molar-refractivity contribution >= 4 is 0 Å². The molecular formula is C17H21FN2O. The van der Waals surface area contributed by atoms with Gasteiger partial charge in [0.05, 0.1) is 0 Å². The van der Waals surface area contributed by atoms with Gasteiger partial charge in [-0.15, -0.1) is 0 Å². The van der Waals surface area contributed by atoms with E-state index in [4.69, 9.17) is 4.74 Å². The molecule has 112 valence electrons. The average Bonchev–Trinajstić information content (AvgIpc) is 2.42. The Labute approximate surface area is 125 Å². The minimum absolute atomic E-state index is 0.0180. The highest BCUT2D eigenvalue weighted by Gasteiger charge is 2.11. The second-order valence-corrected chi connectivity index (χ2v) is 5.53. The van der Waals surface area contributed by atoms with Crippen LogP contribution in [0, 0.1) is 18.7 Å². The van der Waals surface area contributed by atoms with Gasteiger partial charge in [0, 0.05) is 18.3 Å². The number of hydrogen-bond donors (Lipinski definition) is 1. The predicted octanol–water partition coefficient (Wildman–Crippen LogP) is 4.07. The van der Waals surface area contributed by atoms with Gasteiger partial charge < -0.3 is 10.1 Å². The van der Waals surface area contributed by atoms with Crippen LogP contribution in [0.25, 0.3) is 0 Å². The van der Waals surface area contributed by atoms with Crippen LogP contribution in [0.3, 0.4) is 0 Å². The maximum atomic E-state index is 14.4. The summed E-state index contributed by atoms with van der Waals surface area (Å²) in [6.07, 6.45) is 1.57. The van der Waals surface area contributed by atoms with Crippen molar-refractivity contribution < 1.29 is 9.13 Å². The quantitative estimate of drug-likeness (QED) is 0.870. The van der Waals surface area contributed by atoms with E-state index >= 15 is 0 Å². The van der Waals surface area contributed by atoms with Crippen LogP contribution < -0.4 is 10.1 Å². The third-order valence-corrected chi connectivity index (χ3v) is 3.01. The van der Waals surface area contributed by atoms with Gasteiger partial charge in [0.25, 0.3) is 5.88 Å². The molecule has 1 aromatic carbocycles. The number of rotatable bonds is 6. The van der Waals surface area contributed by atoms with Gasteiger partial charge in [-0.3, -0.25) is 0 Å². The monoisotopic (exact) mass is 288 g/mol. The first-order valence-corrected chi connectivity index (χ1v) is 7.15. The highest BCUT2D eigenvalue weighted by molar-refractivity contribution is 5.32. The van der Waals surface area contributed by atoms with Crippen molar-refractivity contribution in [1.82, 2.24) is 10.3 Å². The summed E-state index contributed by atoms with van der Waals surface area (Å²) in [4.78, 5) is 3.98. The Hall–Kier alpha value is -1.94. The summed E-state index contributed by atoms with van der Waals surface area (Å²) in [5.74, 6) is 0.728. The maximum absolute atomic E-state index is 14.4. The van der Waals surface area contributed by atoms with Crippen LogP contribution in [-0.4, -0.2) is 11.5 Å². The summed E-state index contributed by atoms with van der Waals surface area (Å²) in [6.45, 7) is 7.50. The maximum Gasteiger partial charge on any atom is 0.256 e. The van der Waals surface area contributed by atoms with Gasteiger partial charge in [0.2, 0.25) is 0 Å². The molecule has 0 saturated carbocycles. The molecule has 0 aliphatic carbocycles. The van der Waals surface area contributed by atoms with E-state index in [9.17, 15) is 4.39 Å². The molecule has 0 unspecified atom stereocenters. The molecular weight excluding hydrogens is 267 g/mol. The minimum atomic E-state index is -0.407. The Kier molecular flexibility index (Phi) is 5.28. The fraction of sp³-hybridized carbons (Fsp3) is 0.353. The molecule has 0 aliphatic rings. The van der Waals surface area contributed by atoms with E-state index in [0.29, 0.717) is 23.8 Å². The number of hydrogen-bond acceptors (Lipinski definition) is 3. The van der Waals surface area contributed by atoms with Crippen LogP contribution in [-0.2, 0) is 6.54 Å². The lowest BCUT2D eigenvalue weighted by Gasteiger charge is -2.11. The smallest absolute Gasteiger partial charge is 0.256 e. The fourth-order valence-electron chi connectivity index (χ4n) is 1.96. The molecule has 3 nitrogen and oxygen atoms in total. The van der Waals surface area contributed by atoms with Gasteiger partial charge in [-0.1, -0.05) is 26.0 Å². The largest absolute Gasteiger partial charge is 0.436 e. The molecule has 0 aliphatic heterocycles. The molecule has 0 bridgehead atoms. The minimum Gasteiger partial charge on any atom is -0.436 e. The van der Waals surface area contributed by atoms with Crippen molar-refractivity contribution in [2.45, 2.75) is 27.3 Å². The zero-order valence-corrected chi connectivity index (χ0v) is 12.7. The van der Waals surface area contributed by atoms with Crippen LogP contribution in [0.2, 0.25) is 0 Å². The first-order valence-electron chi connectivity index (χ1n) is 7.15. The van der Waals surface area contributed by atoms with Crippen LogP contribution in [0.1, 0.15) is 25.0 Å². The lowest BCUT2D eigenvalue weighted by Crippen LogP contribution is -2.19. The molecule has 2 rings (SSSR count). The lowest BCUT2D eigenvalue weighted by atomic mass is 10.2. The van der Waals surface area contributed by atoms with Gasteiger partial charge in [-0.2, -0.15) is 0 Å². The van der Waals surface area contributed by atoms with Crippen LogP contribution >= 0.6 is 0 Å². The van der Waals surface area contributed by atoms with Crippen molar-refractivity contribution in [1.29, 1.82) is 0 Å². The fourth-order valence-corrected chi connectivity index (χ4v) is 1.96. The molecule has 1 aromatic heterocycles. The molecule has 0 radical (unpaired) electrons. The van der Waals surface area contributed by atoms with Crippen LogP contribution in [0.5, 0.6) is 11.6 Å². The molecule has 1 heterocycles. The Morgan fingerprint density at radius 3 is 2.81 bits per heavy atom. The van der Waals surface area contributed by atoms with E-state index in [1.165, 1.54) is 0 Å². The van der Waals surface area contributed by atoms with Gasteiger partial charge >= 0.3 is 0 Å². The number of pyridine rings is 1. The van der Waals surface area contributed by atoms with Crippen LogP contribution in [0.4, 0.5) is 4.39 Å². The number of benzene rings is 1. The SMILES string of the molecule is Cc1cccc(Oc2nccc(CNCC(C)C)c2F)c1. The lowest BCUT2D eigenvalue weighted by molar-refractivity contribution is 0.416. The molecule has 1 N–H and O–H groups in total. The molecule has 2 aromatic rings. The highest BCUT2D eigenvalue weighted by Crippen LogP contribution is 2.24. The van der Waals surface area contributed by atoms with E-state index in [1.807, 2.05) is 25.1 Å². The summed E-state index contributed by atoms with van der Waals surface area (Å²) in [7, 11) is 0. The van der Waals surface area contributed by atoms with Gasteiger partial charge in [0.1, 0.15) is 5.75 Å². The number of nitrogens with one attached hydrogen (secondary N) is 1. The summed E-state index contributed by atoms with van der Waals surface area (Å²) in [5.41, 5.74) is 1.62. The third-order valence-electron chi connectivity index (χ3n) is 3.01. The van der Waals surface area contributed by atoms with Crippen molar-refractivity contribution in [3.05, 3.63) is 53.5 Å². The number of aryl methyl sites for hydroxylation is 1. The summed E-state index contributed by atoms with van der Waals surface area (Å²) >= 11 is 0. The number of ether oxygens (including phenoxy) is 1. The Bertz CT molecular complexity index is 599. The second kappa shape index (κ2) is 7.18. The second-order valence-electron chi connectivity index (χ2n) is 5.53. The van der Waals surface area contributed by atoms with E-state index in [-0.39, 0.29) is 5.88 Å². The topological polar surface area (TPSA) is 34.1 Å². The number of halogens is 1. The Morgan fingerprint density at radius 2 is 2.10 bits per heavy atom. The summed E-state index contributed by atoms with van der Waals surface area (Å²) in [6, 6.07) is 9.15. The molecule has 0 amide bonds. The standard InChI is InChI=1S/C17H21FN2O/c1-12(2)10-19-11-14-7-8-20-17(16(14)18)21-15-6-4-5-13(3)9-15/h4-9,12,19H,10-11H2,1-3H3. The summed E-state index contributed by atoms with van der Waals surface area (Å²) in [5, 5.41) is 3.22. The molecule has 0 spiro atoms. The first kappa shape index (κ1) is 15.4. The molecule has 21 heavy (non-hydrogen) atoms. The van der Waals surface area contributed by atoms with Crippen molar-refractivity contribution in [3.63, 3.8) is 0 Å². The van der Waals surface area contributed by atoms with Gasteiger partial charge in [0.15, 0.2) is 5.82 Å². The third kappa shape index (κ3) is 4.53. The van der Waals surface area contributed by atoms with E-state index in [1.54, 1.807) is 18.3 Å². The van der Waals surface area contributed by atoms with Crippen molar-refractivity contribution in [2.24, 2.45) is 5.92 Å². The van der Waals surface area contributed by atoms with Crippen molar-refractivity contribution in [2.75, 3.05) is 6.54 Å². The normalized spacial score (nSPS) is 10.9. The molecule has 0 fully saturated rings. The first-order chi connectivity index (χ1) is 10.1. The van der Waals surface area contributed by atoms with Crippen LogP contribution in [0.15, 0.2) is 36.5 Å². The Morgan fingerprint density at radius 1 is 1.29 bits per heavy atom. The molecule has 0 atom stereocenters. The zero-order chi connectivity index (χ0) is 15.2. The zero-order valence-electron chi connectivity index (χ0n) is 12.7. The number of nitrogens with zero attached hydrogens (tertiary/aromatic N) is 1. The highest BCUT2D eigenvalue weighted by atomic mass is 19.1. The van der Waals surface area contributed by atoms with Crippen molar-refractivity contribution in [3.8, 4) is 11.6 Å². The molecule has 0 saturated heterocycles.